The normalized spacial score (nSPS) is 11.9. The summed E-state index contributed by atoms with van der Waals surface area (Å²) >= 11 is 0. The highest BCUT2D eigenvalue weighted by atomic mass is 16.4. The molecular formula is C48H27NO5. The van der Waals surface area contributed by atoms with Gasteiger partial charge in [-0.25, -0.2) is 4.79 Å². The predicted molar refractivity (Wildman–Crippen MR) is 216 cm³/mol. The van der Waals surface area contributed by atoms with Crippen LogP contribution in [0, 0.1) is 0 Å². The molecule has 7 aromatic carbocycles. The molecule has 11 rings (SSSR count). The zero-order chi connectivity index (χ0) is 35.9. The number of furan rings is 1. The topological polar surface area (TPSA) is 78.5 Å². The fourth-order valence-electron chi connectivity index (χ4n) is 7.82. The van der Waals surface area contributed by atoms with Crippen LogP contribution in [0.3, 0.4) is 0 Å². The van der Waals surface area contributed by atoms with Crippen LogP contribution >= 0.6 is 0 Å². The molecule has 0 aliphatic carbocycles. The first kappa shape index (κ1) is 30.2. The maximum Gasteiger partial charge on any atom is 0.336 e. The summed E-state index contributed by atoms with van der Waals surface area (Å²) in [5.41, 5.74) is 10.3. The van der Waals surface area contributed by atoms with E-state index in [1.807, 2.05) is 91.0 Å². The minimum Gasteiger partial charge on any atom is -0.456 e. The standard InChI is InChI=1S/C48H27NO5/c50-42-27-46(31-15-13-29(14-16-31)28-9-11-30(12-10-28)32-17-20-43-33(23-32)18-22-48(51)54-43)52-45-21-19-34(24-39(42)45)49-40-7-3-1-5-35(40)37-26-47-38(25-41(37)49)36-6-2-4-8-44(36)53-47/h1-27H. The molecule has 0 amide bonds. The van der Waals surface area contributed by atoms with Gasteiger partial charge in [-0.3, -0.25) is 4.79 Å². The van der Waals surface area contributed by atoms with Gasteiger partial charge in [0, 0.05) is 50.3 Å². The van der Waals surface area contributed by atoms with Crippen molar-refractivity contribution in [3.8, 4) is 39.3 Å². The molecule has 4 aromatic heterocycles. The van der Waals surface area contributed by atoms with Crippen LogP contribution in [0.2, 0.25) is 0 Å². The Morgan fingerprint density at radius 3 is 1.85 bits per heavy atom. The summed E-state index contributed by atoms with van der Waals surface area (Å²) in [5.74, 6) is 0.514. The maximum atomic E-state index is 13.7. The van der Waals surface area contributed by atoms with E-state index in [1.54, 1.807) is 12.1 Å². The number of fused-ring (bicyclic) bond motifs is 8. The van der Waals surface area contributed by atoms with Gasteiger partial charge in [-0.15, -0.1) is 0 Å². The molecule has 6 nitrogen and oxygen atoms in total. The average Bonchev–Trinajstić information content (AvgIpc) is 3.74. The maximum absolute atomic E-state index is 13.7. The summed E-state index contributed by atoms with van der Waals surface area (Å²) in [5, 5.41) is 5.71. The Hall–Kier alpha value is -7.44. The Balaban J connectivity index is 0.929. The first-order chi connectivity index (χ1) is 26.5. The second-order valence-corrected chi connectivity index (χ2v) is 13.6. The molecule has 0 spiro atoms. The summed E-state index contributed by atoms with van der Waals surface area (Å²) in [7, 11) is 0. The zero-order valence-corrected chi connectivity index (χ0v) is 28.6. The molecule has 0 N–H and O–H groups in total. The number of hydrogen-bond donors (Lipinski definition) is 0. The third kappa shape index (κ3) is 4.74. The van der Waals surface area contributed by atoms with E-state index in [4.69, 9.17) is 13.3 Å². The minimum atomic E-state index is -0.357. The van der Waals surface area contributed by atoms with Crippen LogP contribution in [0.25, 0.3) is 105 Å². The van der Waals surface area contributed by atoms with Crippen molar-refractivity contribution in [2.75, 3.05) is 0 Å². The molecule has 11 aromatic rings. The molecule has 0 aliphatic rings. The van der Waals surface area contributed by atoms with E-state index >= 15 is 0 Å². The number of benzene rings is 7. The van der Waals surface area contributed by atoms with Gasteiger partial charge in [-0.05, 0) is 82.9 Å². The molecule has 54 heavy (non-hydrogen) atoms. The van der Waals surface area contributed by atoms with Gasteiger partial charge in [-0.1, -0.05) is 91.0 Å². The van der Waals surface area contributed by atoms with Crippen molar-refractivity contribution in [2.24, 2.45) is 0 Å². The van der Waals surface area contributed by atoms with Crippen LogP contribution in [-0.4, -0.2) is 4.57 Å². The fourth-order valence-corrected chi connectivity index (χ4v) is 7.82. The molecule has 254 valence electrons. The van der Waals surface area contributed by atoms with Crippen molar-refractivity contribution in [1.82, 2.24) is 4.57 Å². The molecule has 0 saturated heterocycles. The molecule has 0 atom stereocenters. The van der Waals surface area contributed by atoms with E-state index in [2.05, 4.69) is 59.2 Å². The lowest BCUT2D eigenvalue weighted by Gasteiger charge is -2.10. The lowest BCUT2D eigenvalue weighted by Crippen LogP contribution is -2.02. The van der Waals surface area contributed by atoms with E-state index in [1.165, 1.54) is 6.07 Å². The van der Waals surface area contributed by atoms with Crippen LogP contribution in [0.15, 0.2) is 187 Å². The van der Waals surface area contributed by atoms with Gasteiger partial charge >= 0.3 is 5.63 Å². The Kier molecular flexibility index (Phi) is 6.45. The van der Waals surface area contributed by atoms with E-state index in [9.17, 15) is 9.59 Å². The van der Waals surface area contributed by atoms with Crippen molar-refractivity contribution in [3.63, 3.8) is 0 Å². The van der Waals surface area contributed by atoms with Crippen molar-refractivity contribution < 1.29 is 13.3 Å². The van der Waals surface area contributed by atoms with Gasteiger partial charge in [0.15, 0.2) is 5.43 Å². The van der Waals surface area contributed by atoms with Crippen LogP contribution in [0.4, 0.5) is 0 Å². The molecule has 0 bridgehead atoms. The van der Waals surface area contributed by atoms with Gasteiger partial charge in [0.25, 0.3) is 0 Å². The molecule has 0 aliphatic heterocycles. The quantitative estimate of drug-likeness (QED) is 0.171. The van der Waals surface area contributed by atoms with E-state index in [0.29, 0.717) is 22.3 Å². The smallest absolute Gasteiger partial charge is 0.336 e. The first-order valence-electron chi connectivity index (χ1n) is 17.7. The third-order valence-corrected chi connectivity index (χ3v) is 10.5. The van der Waals surface area contributed by atoms with Crippen molar-refractivity contribution >= 4 is 65.7 Å². The lowest BCUT2D eigenvalue weighted by atomic mass is 9.98. The van der Waals surface area contributed by atoms with Crippen LogP contribution < -0.4 is 11.1 Å². The highest BCUT2D eigenvalue weighted by Gasteiger charge is 2.17. The van der Waals surface area contributed by atoms with Gasteiger partial charge in [-0.2, -0.15) is 0 Å². The average molecular weight is 698 g/mol. The predicted octanol–water partition coefficient (Wildman–Crippen LogP) is 11.9. The van der Waals surface area contributed by atoms with Gasteiger partial charge < -0.3 is 17.8 Å². The summed E-state index contributed by atoms with van der Waals surface area (Å²) in [4.78, 5) is 25.3. The van der Waals surface area contributed by atoms with Crippen molar-refractivity contribution in [1.29, 1.82) is 0 Å². The molecular weight excluding hydrogens is 671 g/mol. The van der Waals surface area contributed by atoms with Crippen LogP contribution in [0.5, 0.6) is 0 Å². The minimum absolute atomic E-state index is 0.104. The van der Waals surface area contributed by atoms with Crippen LogP contribution in [0.1, 0.15) is 0 Å². The highest BCUT2D eigenvalue weighted by molar-refractivity contribution is 6.17. The Bertz CT molecular complexity index is 3420. The second-order valence-electron chi connectivity index (χ2n) is 13.6. The Morgan fingerprint density at radius 2 is 1.04 bits per heavy atom. The fraction of sp³-hybridized carbons (Fsp3) is 0. The van der Waals surface area contributed by atoms with Crippen molar-refractivity contribution in [3.05, 3.63) is 184 Å². The summed E-state index contributed by atoms with van der Waals surface area (Å²) < 4.78 is 20.1. The summed E-state index contributed by atoms with van der Waals surface area (Å²) in [6, 6.07) is 53.6. The number of para-hydroxylation sites is 2. The molecule has 0 saturated carbocycles. The summed E-state index contributed by atoms with van der Waals surface area (Å²) in [6.07, 6.45) is 0. The van der Waals surface area contributed by atoms with Crippen molar-refractivity contribution in [2.45, 2.75) is 0 Å². The SMILES string of the molecule is O=c1ccc2cc(-c3ccc(-c4ccc(-c5cc(=O)c6cc(-n7c8ccccc8c8cc9oc%10ccccc%10c9cc87)ccc6o5)cc4)cc3)ccc2o1. The molecule has 6 heteroatoms. The highest BCUT2D eigenvalue weighted by Crippen LogP contribution is 2.39. The number of nitrogens with zero attached hydrogens (tertiary/aromatic N) is 1. The number of rotatable bonds is 4. The first-order valence-corrected chi connectivity index (χ1v) is 17.7. The second kappa shape index (κ2) is 11.5. The zero-order valence-electron chi connectivity index (χ0n) is 28.6. The molecule has 0 radical (unpaired) electrons. The lowest BCUT2D eigenvalue weighted by molar-refractivity contribution is 0.561. The van der Waals surface area contributed by atoms with Gasteiger partial charge in [0.05, 0.1) is 16.4 Å². The summed E-state index contributed by atoms with van der Waals surface area (Å²) in [6.45, 7) is 0. The third-order valence-electron chi connectivity index (χ3n) is 10.5. The van der Waals surface area contributed by atoms with Gasteiger partial charge in [0.2, 0.25) is 0 Å². The van der Waals surface area contributed by atoms with Crippen LogP contribution in [-0.2, 0) is 0 Å². The largest absolute Gasteiger partial charge is 0.456 e. The van der Waals surface area contributed by atoms with Gasteiger partial charge in [0.1, 0.15) is 28.1 Å². The number of aromatic nitrogens is 1. The van der Waals surface area contributed by atoms with E-state index < -0.39 is 0 Å². The Morgan fingerprint density at radius 1 is 0.370 bits per heavy atom. The number of hydrogen-bond acceptors (Lipinski definition) is 5. The molecule has 4 heterocycles. The molecule has 0 unspecified atom stereocenters. The Labute approximate surface area is 306 Å². The van der Waals surface area contributed by atoms with E-state index in [-0.39, 0.29) is 11.1 Å². The monoisotopic (exact) mass is 697 g/mol. The van der Waals surface area contributed by atoms with E-state index in [0.717, 1.165) is 82.6 Å². The molecule has 0 fully saturated rings.